The summed E-state index contributed by atoms with van der Waals surface area (Å²) < 4.78 is 5.86. The van der Waals surface area contributed by atoms with Crippen molar-refractivity contribution in [2.24, 2.45) is 5.92 Å². The van der Waals surface area contributed by atoms with Gasteiger partial charge in [0.2, 0.25) is 0 Å². The lowest BCUT2D eigenvalue weighted by Crippen LogP contribution is -2.39. The standard InChI is InChI=1S/C19H21ClN2O2/c1-14-11-18(5-8-21-14)24-13-15-6-9-22(10-7-15)19(23)16-3-2-4-17(20)12-16/h2-5,8,11-12,15H,6-7,9-10,13H2,1H3. The molecule has 0 radical (unpaired) electrons. The number of amides is 1. The van der Waals surface area contributed by atoms with E-state index in [9.17, 15) is 4.79 Å². The molecule has 4 nitrogen and oxygen atoms in total. The maximum atomic E-state index is 12.5. The van der Waals surface area contributed by atoms with Crippen molar-refractivity contribution in [3.63, 3.8) is 0 Å². The number of halogens is 1. The van der Waals surface area contributed by atoms with Gasteiger partial charge in [0.1, 0.15) is 5.75 Å². The molecule has 0 unspecified atom stereocenters. The Balaban J connectivity index is 1.49. The van der Waals surface area contributed by atoms with Crippen LogP contribution in [0.2, 0.25) is 5.02 Å². The summed E-state index contributed by atoms with van der Waals surface area (Å²) in [5.41, 5.74) is 1.61. The number of carbonyl (C=O) groups is 1. The second kappa shape index (κ2) is 7.67. The number of pyridine rings is 1. The molecular formula is C19H21ClN2O2. The van der Waals surface area contributed by atoms with Gasteiger partial charge in [-0.05, 0) is 49.9 Å². The molecule has 0 spiro atoms. The van der Waals surface area contributed by atoms with E-state index in [-0.39, 0.29) is 5.91 Å². The number of aromatic nitrogens is 1. The first-order chi connectivity index (χ1) is 11.6. The van der Waals surface area contributed by atoms with Gasteiger partial charge >= 0.3 is 0 Å². The van der Waals surface area contributed by atoms with E-state index in [1.807, 2.05) is 36.1 Å². The third-order valence-corrected chi connectivity index (χ3v) is 4.56. The van der Waals surface area contributed by atoms with E-state index < -0.39 is 0 Å². The van der Waals surface area contributed by atoms with Crippen molar-refractivity contribution in [3.8, 4) is 5.75 Å². The fourth-order valence-electron chi connectivity index (χ4n) is 2.93. The van der Waals surface area contributed by atoms with Gasteiger partial charge in [-0.1, -0.05) is 17.7 Å². The van der Waals surface area contributed by atoms with Crippen molar-refractivity contribution in [2.45, 2.75) is 19.8 Å². The van der Waals surface area contributed by atoms with Gasteiger partial charge in [0.05, 0.1) is 6.61 Å². The van der Waals surface area contributed by atoms with E-state index >= 15 is 0 Å². The first-order valence-electron chi connectivity index (χ1n) is 8.22. The summed E-state index contributed by atoms with van der Waals surface area (Å²) >= 11 is 5.97. The Bertz CT molecular complexity index is 712. The summed E-state index contributed by atoms with van der Waals surface area (Å²) in [6.07, 6.45) is 3.67. The molecule has 5 heteroatoms. The summed E-state index contributed by atoms with van der Waals surface area (Å²) in [5, 5.41) is 0.594. The number of aryl methyl sites for hydroxylation is 1. The maximum Gasteiger partial charge on any atom is 0.253 e. The largest absolute Gasteiger partial charge is 0.493 e. The van der Waals surface area contributed by atoms with Gasteiger partial charge in [-0.25, -0.2) is 0 Å². The highest BCUT2D eigenvalue weighted by molar-refractivity contribution is 6.30. The topological polar surface area (TPSA) is 42.4 Å². The van der Waals surface area contributed by atoms with Gasteiger partial charge in [-0.15, -0.1) is 0 Å². The number of ether oxygens (including phenoxy) is 1. The molecule has 1 saturated heterocycles. The number of rotatable bonds is 4. The minimum absolute atomic E-state index is 0.0571. The van der Waals surface area contributed by atoms with E-state index in [1.54, 1.807) is 18.3 Å². The number of benzene rings is 1. The average Bonchev–Trinajstić information content (AvgIpc) is 2.60. The fourth-order valence-corrected chi connectivity index (χ4v) is 3.12. The minimum atomic E-state index is 0.0571. The lowest BCUT2D eigenvalue weighted by molar-refractivity contribution is 0.0661. The zero-order valence-electron chi connectivity index (χ0n) is 13.7. The normalized spacial score (nSPS) is 15.3. The van der Waals surface area contributed by atoms with E-state index in [4.69, 9.17) is 16.3 Å². The first kappa shape index (κ1) is 16.8. The van der Waals surface area contributed by atoms with E-state index in [2.05, 4.69) is 4.98 Å². The number of hydrogen-bond donors (Lipinski definition) is 0. The van der Waals surface area contributed by atoms with Crippen molar-refractivity contribution < 1.29 is 9.53 Å². The van der Waals surface area contributed by atoms with E-state index in [0.29, 0.717) is 23.1 Å². The Kier molecular flexibility index (Phi) is 5.36. The molecule has 0 N–H and O–H groups in total. The zero-order chi connectivity index (χ0) is 16.9. The second-order valence-corrected chi connectivity index (χ2v) is 6.63. The van der Waals surface area contributed by atoms with E-state index in [0.717, 1.165) is 37.4 Å². The zero-order valence-corrected chi connectivity index (χ0v) is 14.5. The molecule has 1 fully saturated rings. The quantitative estimate of drug-likeness (QED) is 0.842. The summed E-state index contributed by atoms with van der Waals surface area (Å²) in [4.78, 5) is 18.6. The van der Waals surface area contributed by atoms with Crippen LogP contribution in [-0.2, 0) is 0 Å². The summed E-state index contributed by atoms with van der Waals surface area (Å²) in [5.74, 6) is 1.39. The number of likely N-dealkylation sites (tertiary alicyclic amines) is 1. The van der Waals surface area contributed by atoms with Crippen LogP contribution in [0.1, 0.15) is 28.9 Å². The number of piperidine rings is 1. The van der Waals surface area contributed by atoms with Crippen molar-refractivity contribution in [2.75, 3.05) is 19.7 Å². The van der Waals surface area contributed by atoms with Crippen molar-refractivity contribution >= 4 is 17.5 Å². The molecule has 0 atom stereocenters. The average molecular weight is 345 g/mol. The molecule has 2 aromatic rings. The highest BCUT2D eigenvalue weighted by atomic mass is 35.5. The van der Waals surface area contributed by atoms with Gasteiger partial charge in [-0.2, -0.15) is 0 Å². The number of nitrogens with zero attached hydrogens (tertiary/aromatic N) is 2. The SMILES string of the molecule is Cc1cc(OCC2CCN(C(=O)c3cccc(Cl)c3)CC2)ccn1. The molecule has 0 bridgehead atoms. The summed E-state index contributed by atoms with van der Waals surface area (Å²) in [6.45, 7) is 4.15. The van der Waals surface area contributed by atoms with Crippen LogP contribution in [0.5, 0.6) is 5.75 Å². The molecule has 3 rings (SSSR count). The molecule has 1 aromatic carbocycles. The predicted molar refractivity (Wildman–Crippen MR) is 94.5 cm³/mol. The second-order valence-electron chi connectivity index (χ2n) is 6.19. The van der Waals surface area contributed by atoms with Crippen LogP contribution in [0.15, 0.2) is 42.6 Å². The fraction of sp³-hybridized carbons (Fsp3) is 0.368. The lowest BCUT2D eigenvalue weighted by Gasteiger charge is -2.32. The lowest BCUT2D eigenvalue weighted by atomic mass is 9.97. The van der Waals surface area contributed by atoms with Gasteiger partial charge in [0.25, 0.3) is 5.91 Å². The van der Waals surface area contributed by atoms with Gasteiger partial charge in [0.15, 0.2) is 0 Å². The van der Waals surface area contributed by atoms with Crippen molar-refractivity contribution in [1.82, 2.24) is 9.88 Å². The van der Waals surface area contributed by atoms with Crippen LogP contribution in [0.3, 0.4) is 0 Å². The highest BCUT2D eigenvalue weighted by Gasteiger charge is 2.24. The molecule has 2 heterocycles. The maximum absolute atomic E-state index is 12.5. The summed E-state index contributed by atoms with van der Waals surface area (Å²) in [6, 6.07) is 11.0. The van der Waals surface area contributed by atoms with Crippen LogP contribution >= 0.6 is 11.6 Å². The molecular weight excluding hydrogens is 324 g/mol. The van der Waals surface area contributed by atoms with Crippen LogP contribution in [0.25, 0.3) is 0 Å². The number of hydrogen-bond acceptors (Lipinski definition) is 3. The monoisotopic (exact) mass is 344 g/mol. The molecule has 1 amide bonds. The predicted octanol–water partition coefficient (Wildman–Crippen LogP) is 3.97. The molecule has 24 heavy (non-hydrogen) atoms. The molecule has 0 saturated carbocycles. The third kappa shape index (κ3) is 4.26. The van der Waals surface area contributed by atoms with Crippen molar-refractivity contribution in [3.05, 3.63) is 58.9 Å². The van der Waals surface area contributed by atoms with Crippen LogP contribution < -0.4 is 4.74 Å². The highest BCUT2D eigenvalue weighted by Crippen LogP contribution is 2.22. The van der Waals surface area contributed by atoms with Crippen LogP contribution in [0, 0.1) is 12.8 Å². The Labute approximate surface area is 147 Å². The van der Waals surface area contributed by atoms with Crippen LogP contribution in [-0.4, -0.2) is 35.5 Å². The van der Waals surface area contributed by atoms with Gasteiger partial charge < -0.3 is 9.64 Å². The minimum Gasteiger partial charge on any atom is -0.493 e. The molecule has 126 valence electrons. The molecule has 1 aliphatic heterocycles. The Hall–Kier alpha value is -2.07. The Morgan fingerprint density at radius 2 is 2.08 bits per heavy atom. The third-order valence-electron chi connectivity index (χ3n) is 4.33. The smallest absolute Gasteiger partial charge is 0.253 e. The van der Waals surface area contributed by atoms with Gasteiger partial charge in [0, 0.05) is 41.6 Å². The van der Waals surface area contributed by atoms with E-state index in [1.165, 1.54) is 0 Å². The number of carbonyl (C=O) groups excluding carboxylic acids is 1. The van der Waals surface area contributed by atoms with Crippen LogP contribution in [0.4, 0.5) is 0 Å². The van der Waals surface area contributed by atoms with Crippen molar-refractivity contribution in [1.29, 1.82) is 0 Å². The summed E-state index contributed by atoms with van der Waals surface area (Å²) in [7, 11) is 0. The Morgan fingerprint density at radius 3 is 2.79 bits per heavy atom. The first-order valence-corrected chi connectivity index (χ1v) is 8.60. The molecule has 1 aromatic heterocycles. The van der Waals surface area contributed by atoms with Gasteiger partial charge in [-0.3, -0.25) is 9.78 Å². The Morgan fingerprint density at radius 1 is 1.29 bits per heavy atom. The molecule has 0 aliphatic carbocycles. The molecule has 1 aliphatic rings.